The highest BCUT2D eigenvalue weighted by Crippen LogP contribution is 2.25. The topological polar surface area (TPSA) is 121 Å². The number of ether oxygens (including phenoxy) is 1. The summed E-state index contributed by atoms with van der Waals surface area (Å²) in [6, 6.07) is 11.4. The second kappa shape index (κ2) is 7.63. The number of rotatable bonds is 4. The van der Waals surface area contributed by atoms with E-state index in [1.54, 1.807) is 42.5 Å². The molecule has 0 spiro atoms. The summed E-state index contributed by atoms with van der Waals surface area (Å²) in [5, 5.41) is 13.1. The van der Waals surface area contributed by atoms with E-state index in [0.29, 0.717) is 11.3 Å². The Balaban J connectivity index is 1.84. The number of nitrogens with zero attached hydrogens (tertiary/aromatic N) is 1. The summed E-state index contributed by atoms with van der Waals surface area (Å²) < 4.78 is 10.4. The fourth-order valence-corrected chi connectivity index (χ4v) is 2.50. The lowest BCUT2D eigenvalue weighted by molar-refractivity contribution is -0.123. The Bertz CT molecular complexity index is 1010. The highest BCUT2D eigenvalue weighted by atomic mass is 32.1. The van der Waals surface area contributed by atoms with E-state index >= 15 is 0 Å². The normalized spacial score (nSPS) is 13.4. The summed E-state index contributed by atoms with van der Waals surface area (Å²) in [6.45, 7) is -0.338. The van der Waals surface area contributed by atoms with Crippen LogP contribution in [0, 0.1) is 11.3 Å². The molecule has 1 saturated heterocycles. The van der Waals surface area contributed by atoms with Gasteiger partial charge in [0.2, 0.25) is 0 Å². The first-order chi connectivity index (χ1) is 13.0. The first-order valence-corrected chi connectivity index (χ1v) is 8.01. The lowest BCUT2D eigenvalue weighted by atomic mass is 10.1. The van der Waals surface area contributed by atoms with Gasteiger partial charge in [-0.25, -0.2) is 4.79 Å². The van der Waals surface area contributed by atoms with E-state index in [-0.39, 0.29) is 28.6 Å². The molecule has 8 nitrogen and oxygen atoms in total. The number of hydrogen-bond donors (Lipinski definition) is 2. The first kappa shape index (κ1) is 18.0. The average molecular weight is 381 g/mol. The number of furan rings is 1. The van der Waals surface area contributed by atoms with Gasteiger partial charge in [0, 0.05) is 5.56 Å². The van der Waals surface area contributed by atoms with Crippen LogP contribution in [0.25, 0.3) is 17.4 Å². The maximum atomic E-state index is 11.9. The van der Waals surface area contributed by atoms with Crippen molar-refractivity contribution in [2.75, 3.05) is 6.61 Å². The quantitative estimate of drug-likeness (QED) is 0.357. The molecule has 0 unspecified atom stereocenters. The van der Waals surface area contributed by atoms with Gasteiger partial charge in [-0.2, -0.15) is 5.26 Å². The van der Waals surface area contributed by atoms with E-state index in [0.717, 1.165) is 0 Å². The molecule has 3 rings (SSSR count). The van der Waals surface area contributed by atoms with Crippen molar-refractivity contribution in [2.45, 2.75) is 0 Å². The Morgan fingerprint density at radius 3 is 2.67 bits per heavy atom. The molecule has 0 saturated carbocycles. The number of carbonyl (C=O) groups is 3. The minimum Gasteiger partial charge on any atom is -0.457 e. The molecule has 2 amide bonds. The third kappa shape index (κ3) is 4.08. The highest BCUT2D eigenvalue weighted by Gasteiger charge is 2.26. The molecule has 0 radical (unpaired) electrons. The number of amides is 2. The molecule has 2 aromatic rings. The van der Waals surface area contributed by atoms with Crippen molar-refractivity contribution in [3.05, 3.63) is 53.3 Å². The summed E-state index contributed by atoms with van der Waals surface area (Å²) in [4.78, 5) is 35.6. The van der Waals surface area contributed by atoms with Gasteiger partial charge in [-0.1, -0.05) is 12.1 Å². The monoisotopic (exact) mass is 381 g/mol. The SMILES string of the molecule is N#CCOC(=O)c1cccc(-c2ccc(C=C3C(=O)NC(=S)NC3=O)o2)c1. The number of benzene rings is 1. The van der Waals surface area contributed by atoms with E-state index in [2.05, 4.69) is 10.6 Å². The van der Waals surface area contributed by atoms with Crippen LogP contribution in [0.2, 0.25) is 0 Å². The average Bonchev–Trinajstić information content (AvgIpc) is 3.11. The Morgan fingerprint density at radius 2 is 1.96 bits per heavy atom. The largest absolute Gasteiger partial charge is 0.457 e. The summed E-state index contributed by atoms with van der Waals surface area (Å²) >= 11 is 4.73. The van der Waals surface area contributed by atoms with E-state index in [1.807, 2.05) is 0 Å². The second-order valence-electron chi connectivity index (χ2n) is 5.31. The molecular weight excluding hydrogens is 370 g/mol. The fraction of sp³-hybridized carbons (Fsp3) is 0.0556. The van der Waals surface area contributed by atoms with Crippen LogP contribution >= 0.6 is 12.2 Å². The van der Waals surface area contributed by atoms with E-state index in [9.17, 15) is 14.4 Å². The van der Waals surface area contributed by atoms with Gasteiger partial charge in [-0.05, 0) is 42.6 Å². The number of nitrogens with one attached hydrogen (secondary N) is 2. The first-order valence-electron chi connectivity index (χ1n) is 7.60. The lowest BCUT2D eigenvalue weighted by Crippen LogP contribution is -2.51. The molecule has 1 aromatic heterocycles. The van der Waals surface area contributed by atoms with Crippen LogP contribution in [-0.4, -0.2) is 29.5 Å². The van der Waals surface area contributed by atoms with Crippen LogP contribution in [0.4, 0.5) is 0 Å². The molecule has 9 heteroatoms. The van der Waals surface area contributed by atoms with Crippen molar-refractivity contribution in [1.82, 2.24) is 10.6 Å². The number of nitriles is 1. The van der Waals surface area contributed by atoms with Gasteiger partial charge < -0.3 is 9.15 Å². The Kier molecular flexibility index (Phi) is 5.10. The number of hydrogen-bond acceptors (Lipinski definition) is 7. The maximum absolute atomic E-state index is 11.9. The summed E-state index contributed by atoms with van der Waals surface area (Å²) in [5.74, 6) is -1.17. The van der Waals surface area contributed by atoms with Crippen LogP contribution in [-0.2, 0) is 14.3 Å². The Hall–Kier alpha value is -3.77. The van der Waals surface area contributed by atoms with Crippen LogP contribution < -0.4 is 10.6 Å². The van der Waals surface area contributed by atoms with E-state index in [1.165, 1.54) is 6.08 Å². The molecule has 1 aliphatic heterocycles. The molecule has 2 heterocycles. The fourth-order valence-electron chi connectivity index (χ4n) is 2.31. The van der Waals surface area contributed by atoms with E-state index in [4.69, 9.17) is 26.6 Å². The lowest BCUT2D eigenvalue weighted by Gasteiger charge is -2.15. The second-order valence-corrected chi connectivity index (χ2v) is 5.72. The molecule has 27 heavy (non-hydrogen) atoms. The maximum Gasteiger partial charge on any atom is 0.339 e. The van der Waals surface area contributed by atoms with Crippen molar-refractivity contribution >= 4 is 41.2 Å². The minimum atomic E-state index is -0.626. The molecule has 1 aromatic carbocycles. The molecule has 2 N–H and O–H groups in total. The van der Waals surface area contributed by atoms with Crippen LogP contribution in [0.3, 0.4) is 0 Å². The van der Waals surface area contributed by atoms with Crippen LogP contribution in [0.5, 0.6) is 0 Å². The number of esters is 1. The summed E-state index contributed by atoms with van der Waals surface area (Å²) in [6.07, 6.45) is 1.29. The third-order valence-corrected chi connectivity index (χ3v) is 3.71. The minimum absolute atomic E-state index is 0.0533. The summed E-state index contributed by atoms with van der Waals surface area (Å²) in [5.41, 5.74) is 0.710. The molecule has 134 valence electrons. The smallest absolute Gasteiger partial charge is 0.339 e. The predicted octanol–water partition coefficient (Wildman–Crippen LogP) is 1.54. The molecular formula is C18H11N3O5S. The van der Waals surface area contributed by atoms with Crippen LogP contribution in [0.15, 0.2) is 46.4 Å². The summed E-state index contributed by atoms with van der Waals surface area (Å²) in [7, 11) is 0. The van der Waals surface area contributed by atoms with Crippen molar-refractivity contribution < 1.29 is 23.5 Å². The van der Waals surface area contributed by atoms with Gasteiger partial charge in [0.25, 0.3) is 11.8 Å². The predicted molar refractivity (Wildman–Crippen MR) is 96.9 cm³/mol. The zero-order valence-corrected chi connectivity index (χ0v) is 14.5. The molecule has 0 aliphatic carbocycles. The standard InChI is InChI=1S/C18H11N3O5S/c19-6-7-25-17(24)11-3-1-2-10(8-11)14-5-4-12(26-14)9-13-15(22)20-18(27)21-16(13)23/h1-5,8-9H,7H2,(H2,20,21,22,23,27). The van der Waals surface area contributed by atoms with Crippen molar-refractivity contribution in [2.24, 2.45) is 0 Å². The van der Waals surface area contributed by atoms with Crippen molar-refractivity contribution in [3.63, 3.8) is 0 Å². The van der Waals surface area contributed by atoms with Gasteiger partial charge >= 0.3 is 5.97 Å². The highest BCUT2D eigenvalue weighted by molar-refractivity contribution is 7.80. The van der Waals surface area contributed by atoms with Gasteiger partial charge in [0.15, 0.2) is 11.7 Å². The third-order valence-electron chi connectivity index (χ3n) is 3.51. The molecule has 1 aliphatic rings. The van der Waals surface area contributed by atoms with Crippen LogP contribution in [0.1, 0.15) is 16.1 Å². The number of thiocarbonyl (C=S) groups is 1. The Labute approximate surface area is 158 Å². The zero-order valence-electron chi connectivity index (χ0n) is 13.6. The molecule has 0 atom stereocenters. The number of carbonyl (C=O) groups excluding carboxylic acids is 3. The van der Waals surface area contributed by atoms with Gasteiger partial charge in [-0.15, -0.1) is 0 Å². The molecule has 0 bridgehead atoms. The van der Waals surface area contributed by atoms with Gasteiger partial charge in [-0.3, -0.25) is 20.2 Å². The van der Waals surface area contributed by atoms with Crippen molar-refractivity contribution in [3.8, 4) is 17.4 Å². The Morgan fingerprint density at radius 1 is 1.22 bits per heavy atom. The van der Waals surface area contributed by atoms with Crippen molar-refractivity contribution in [1.29, 1.82) is 5.26 Å². The molecule has 1 fully saturated rings. The van der Waals surface area contributed by atoms with E-state index < -0.39 is 17.8 Å². The zero-order chi connectivity index (χ0) is 19.4. The van der Waals surface area contributed by atoms with Gasteiger partial charge in [0.1, 0.15) is 23.2 Å². The van der Waals surface area contributed by atoms with Gasteiger partial charge in [0.05, 0.1) is 5.56 Å².